The number of sulfone groups is 1. The van der Waals surface area contributed by atoms with Crippen LogP contribution in [-0.4, -0.2) is 39.1 Å². The summed E-state index contributed by atoms with van der Waals surface area (Å²) in [7, 11) is -3.31. The number of nitrogens with zero attached hydrogens (tertiary/aromatic N) is 1. The molecule has 6 nitrogen and oxygen atoms in total. The largest absolute Gasteiger partial charge is 0.491 e. The zero-order valence-corrected chi connectivity index (χ0v) is 15.6. The van der Waals surface area contributed by atoms with E-state index in [1.54, 1.807) is 0 Å². The van der Waals surface area contributed by atoms with Gasteiger partial charge in [-0.2, -0.15) is 0 Å². The van der Waals surface area contributed by atoms with E-state index in [0.717, 1.165) is 36.1 Å². The molecule has 1 fully saturated rings. The minimum Gasteiger partial charge on any atom is -0.491 e. The van der Waals surface area contributed by atoms with Gasteiger partial charge in [0.15, 0.2) is 0 Å². The fourth-order valence-electron chi connectivity index (χ4n) is 2.75. The number of rotatable bonds is 4. The summed E-state index contributed by atoms with van der Waals surface area (Å²) in [4.78, 5) is 0. The highest BCUT2D eigenvalue weighted by atomic mass is 32.2. The van der Waals surface area contributed by atoms with Crippen molar-refractivity contribution in [1.82, 2.24) is 5.16 Å². The highest BCUT2D eigenvalue weighted by molar-refractivity contribution is 7.95. The topological polar surface area (TPSA) is 78.6 Å². The number of benzene rings is 1. The van der Waals surface area contributed by atoms with Crippen LogP contribution in [0.3, 0.4) is 0 Å². The van der Waals surface area contributed by atoms with Crippen molar-refractivity contribution in [2.24, 2.45) is 5.92 Å². The maximum Gasteiger partial charge on any atom is 0.213 e. The molecule has 0 radical (unpaired) electrons. The lowest BCUT2D eigenvalue weighted by Gasteiger charge is -2.28. The van der Waals surface area contributed by atoms with Crippen LogP contribution in [-0.2, 0) is 14.6 Å². The van der Waals surface area contributed by atoms with Crippen molar-refractivity contribution in [2.75, 3.05) is 19.5 Å². The van der Waals surface area contributed by atoms with Crippen LogP contribution in [0.5, 0.6) is 5.75 Å². The van der Waals surface area contributed by atoms with Gasteiger partial charge in [-0.1, -0.05) is 11.1 Å². The first kappa shape index (κ1) is 18.5. The summed E-state index contributed by atoms with van der Waals surface area (Å²) >= 11 is 0. The van der Waals surface area contributed by atoms with Crippen molar-refractivity contribution in [1.29, 1.82) is 0 Å². The molecule has 1 aromatic heterocycles. The lowest BCUT2D eigenvalue weighted by Crippen LogP contribution is -2.34. The molecule has 2 aromatic rings. The molecule has 0 saturated carbocycles. The van der Waals surface area contributed by atoms with Crippen molar-refractivity contribution in [2.45, 2.75) is 25.9 Å². The third-order valence-electron chi connectivity index (χ3n) is 4.06. The van der Waals surface area contributed by atoms with Crippen molar-refractivity contribution < 1.29 is 22.4 Å². The van der Waals surface area contributed by atoms with E-state index in [0.29, 0.717) is 19.0 Å². The SMILES string of the molecule is Cc1cc(-c2ccc(OC[C@H]3OCCC[C@@H]3C#CS(C)(=O)=O)cc2)no1. The molecule has 7 heteroatoms. The molecule has 2 atom stereocenters. The molecule has 0 spiro atoms. The van der Waals surface area contributed by atoms with Crippen molar-refractivity contribution in [3.05, 3.63) is 36.1 Å². The van der Waals surface area contributed by atoms with Crippen LogP contribution in [0, 0.1) is 24.0 Å². The van der Waals surface area contributed by atoms with Gasteiger partial charge in [0.05, 0.1) is 12.2 Å². The molecule has 1 aromatic carbocycles. The highest BCUT2D eigenvalue weighted by Gasteiger charge is 2.25. The fourth-order valence-corrected chi connectivity index (χ4v) is 3.12. The number of hydrogen-bond donors (Lipinski definition) is 0. The van der Waals surface area contributed by atoms with Crippen LogP contribution >= 0.6 is 0 Å². The maximum absolute atomic E-state index is 11.3. The number of ether oxygens (including phenoxy) is 2. The van der Waals surface area contributed by atoms with Gasteiger partial charge in [-0.3, -0.25) is 0 Å². The number of aryl methyl sites for hydroxylation is 1. The first-order valence-electron chi connectivity index (χ1n) is 8.41. The highest BCUT2D eigenvalue weighted by Crippen LogP contribution is 2.24. The molecule has 0 bridgehead atoms. The average molecular weight is 375 g/mol. The molecule has 1 saturated heterocycles. The van der Waals surface area contributed by atoms with Gasteiger partial charge in [-0.25, -0.2) is 8.42 Å². The second-order valence-corrected chi connectivity index (χ2v) is 8.08. The molecule has 138 valence electrons. The molecule has 0 N–H and O–H groups in total. The van der Waals surface area contributed by atoms with Crippen molar-refractivity contribution in [3.63, 3.8) is 0 Å². The van der Waals surface area contributed by atoms with Crippen LogP contribution in [0.15, 0.2) is 34.9 Å². The first-order valence-corrected chi connectivity index (χ1v) is 10.3. The maximum atomic E-state index is 11.3. The Morgan fingerprint density at radius 1 is 1.31 bits per heavy atom. The lowest BCUT2D eigenvalue weighted by molar-refractivity contribution is -0.0328. The Kier molecular flexibility index (Phi) is 5.64. The van der Waals surface area contributed by atoms with Crippen LogP contribution in [0.25, 0.3) is 11.3 Å². The van der Waals surface area contributed by atoms with Crippen molar-refractivity contribution >= 4 is 9.84 Å². The first-order chi connectivity index (χ1) is 12.4. The van der Waals surface area contributed by atoms with Crippen molar-refractivity contribution in [3.8, 4) is 28.2 Å². The van der Waals surface area contributed by atoms with Gasteiger partial charge in [0.1, 0.15) is 29.9 Å². The molecule has 0 amide bonds. The van der Waals surface area contributed by atoms with Gasteiger partial charge < -0.3 is 14.0 Å². The number of hydrogen-bond acceptors (Lipinski definition) is 6. The molecule has 0 unspecified atom stereocenters. The zero-order chi connectivity index (χ0) is 18.6. The lowest BCUT2D eigenvalue weighted by atomic mass is 9.96. The zero-order valence-electron chi connectivity index (χ0n) is 14.8. The van der Waals surface area contributed by atoms with E-state index in [1.807, 2.05) is 37.3 Å². The summed E-state index contributed by atoms with van der Waals surface area (Å²) < 4.78 is 39.1. The Labute approximate surface area is 153 Å². The third kappa shape index (κ3) is 5.10. The van der Waals surface area contributed by atoms with Crippen LogP contribution in [0.1, 0.15) is 18.6 Å². The Hall–Kier alpha value is -2.30. The molecule has 26 heavy (non-hydrogen) atoms. The smallest absolute Gasteiger partial charge is 0.213 e. The van der Waals surface area contributed by atoms with E-state index in [1.165, 1.54) is 0 Å². The van der Waals surface area contributed by atoms with E-state index in [9.17, 15) is 8.42 Å². The summed E-state index contributed by atoms with van der Waals surface area (Å²) in [5, 5.41) is 6.30. The minimum absolute atomic E-state index is 0.143. The minimum atomic E-state index is -3.31. The van der Waals surface area contributed by atoms with Gasteiger partial charge in [0.2, 0.25) is 9.84 Å². The Morgan fingerprint density at radius 2 is 2.08 bits per heavy atom. The Balaban J connectivity index is 1.62. The van der Waals surface area contributed by atoms with E-state index in [4.69, 9.17) is 14.0 Å². The van der Waals surface area contributed by atoms with E-state index in [2.05, 4.69) is 16.3 Å². The average Bonchev–Trinajstić information content (AvgIpc) is 3.05. The quantitative estimate of drug-likeness (QED) is 0.604. The standard InChI is InChI=1S/C19H21NO5S/c1-14-12-18(20-25-14)15-5-7-17(8-6-15)24-13-19-16(4-3-10-23-19)9-11-26(2,21)22/h5-8,12,16,19H,3-4,10,13H2,1-2H3/t16-,19-/m1/s1. The van der Waals surface area contributed by atoms with E-state index < -0.39 is 9.84 Å². The Morgan fingerprint density at radius 3 is 2.73 bits per heavy atom. The molecule has 1 aliphatic heterocycles. The number of aromatic nitrogens is 1. The summed E-state index contributed by atoms with van der Waals surface area (Å²) in [5.41, 5.74) is 1.72. The summed E-state index contributed by atoms with van der Waals surface area (Å²) in [6.45, 7) is 2.81. The van der Waals surface area contributed by atoms with Crippen LogP contribution in [0.2, 0.25) is 0 Å². The molecular weight excluding hydrogens is 354 g/mol. The molecular formula is C19H21NO5S. The van der Waals surface area contributed by atoms with Gasteiger partial charge >= 0.3 is 0 Å². The van der Waals surface area contributed by atoms with Crippen LogP contribution in [0.4, 0.5) is 0 Å². The predicted octanol–water partition coefficient (Wildman–Crippen LogP) is 2.83. The summed E-state index contributed by atoms with van der Waals surface area (Å²) in [5.74, 6) is 4.14. The van der Waals surface area contributed by atoms with E-state index >= 15 is 0 Å². The summed E-state index contributed by atoms with van der Waals surface area (Å²) in [6, 6.07) is 9.42. The van der Waals surface area contributed by atoms with Crippen LogP contribution < -0.4 is 4.74 Å². The second-order valence-electron chi connectivity index (χ2n) is 6.33. The second kappa shape index (κ2) is 7.94. The van der Waals surface area contributed by atoms with E-state index in [-0.39, 0.29) is 12.0 Å². The third-order valence-corrected chi connectivity index (χ3v) is 4.55. The fraction of sp³-hybridized carbons (Fsp3) is 0.421. The molecule has 1 aliphatic rings. The molecule has 0 aliphatic carbocycles. The monoisotopic (exact) mass is 375 g/mol. The summed E-state index contributed by atoms with van der Waals surface area (Å²) in [6.07, 6.45) is 2.54. The molecule has 2 heterocycles. The predicted molar refractivity (Wildman–Crippen MR) is 97.3 cm³/mol. The van der Waals surface area contributed by atoms with Gasteiger partial charge in [0.25, 0.3) is 0 Å². The molecule has 3 rings (SSSR count). The normalized spacial score (nSPS) is 20.2. The van der Waals surface area contributed by atoms with Gasteiger partial charge in [-0.05, 0) is 44.0 Å². The van der Waals surface area contributed by atoms with Gasteiger partial charge in [-0.15, -0.1) is 0 Å². The Bertz CT molecular complexity index is 905. The van der Waals surface area contributed by atoms with Gasteiger partial charge in [0, 0.05) is 23.5 Å².